The first-order valence-corrected chi connectivity index (χ1v) is 8.36. The minimum absolute atomic E-state index is 0. The Morgan fingerprint density at radius 2 is 1.85 bits per heavy atom. The molecule has 7 heteroatoms. The molecule has 2 heterocycles. The van der Waals surface area contributed by atoms with Crippen LogP contribution >= 0.6 is 12.4 Å². The van der Waals surface area contributed by atoms with Crippen LogP contribution in [0, 0.1) is 6.92 Å². The van der Waals surface area contributed by atoms with Gasteiger partial charge in [-0.25, -0.2) is 14.8 Å². The number of furan rings is 1. The largest absolute Gasteiger partial charge is 0.462 e. The first-order valence-electron chi connectivity index (χ1n) is 8.36. The quantitative estimate of drug-likeness (QED) is 0.498. The second-order valence-corrected chi connectivity index (χ2v) is 5.82. The number of benzene rings is 2. The standard InChI is InChI=1S/C20H17N3O3.ClH/c1-3-25-20(24)13-8-10-14(11-9-13)23-19-18-17(21-12(2)22-19)15-6-4-5-7-16(15)26-18;/h4-11H,3H2,1-2H3,(H,21,22,23);1H. The summed E-state index contributed by atoms with van der Waals surface area (Å²) in [6, 6.07) is 14.8. The van der Waals surface area contributed by atoms with Crippen LogP contribution < -0.4 is 5.32 Å². The average Bonchev–Trinajstić information content (AvgIpc) is 3.01. The van der Waals surface area contributed by atoms with Crippen LogP contribution in [-0.4, -0.2) is 22.5 Å². The topological polar surface area (TPSA) is 77.2 Å². The van der Waals surface area contributed by atoms with E-state index in [1.54, 1.807) is 31.2 Å². The van der Waals surface area contributed by atoms with Gasteiger partial charge in [0.2, 0.25) is 0 Å². The first-order chi connectivity index (χ1) is 12.7. The van der Waals surface area contributed by atoms with Gasteiger partial charge >= 0.3 is 5.97 Å². The van der Waals surface area contributed by atoms with Crippen molar-refractivity contribution in [3.05, 3.63) is 59.9 Å². The van der Waals surface area contributed by atoms with Gasteiger partial charge in [-0.1, -0.05) is 12.1 Å². The number of hydrogen-bond donors (Lipinski definition) is 1. The number of halogens is 1. The highest BCUT2D eigenvalue weighted by molar-refractivity contribution is 6.06. The summed E-state index contributed by atoms with van der Waals surface area (Å²) in [5.41, 5.74) is 3.44. The van der Waals surface area contributed by atoms with Crippen LogP contribution in [0.4, 0.5) is 11.5 Å². The molecule has 0 atom stereocenters. The molecule has 4 rings (SSSR count). The molecule has 0 spiro atoms. The molecule has 0 saturated carbocycles. The lowest BCUT2D eigenvalue weighted by Gasteiger charge is -2.08. The van der Waals surface area contributed by atoms with Crippen LogP contribution in [0.3, 0.4) is 0 Å². The molecule has 0 aliphatic heterocycles. The van der Waals surface area contributed by atoms with Gasteiger partial charge in [0.05, 0.1) is 12.2 Å². The Bertz CT molecular complexity index is 1110. The molecule has 6 nitrogen and oxygen atoms in total. The summed E-state index contributed by atoms with van der Waals surface area (Å²) in [6.07, 6.45) is 0. The third kappa shape index (κ3) is 3.57. The SMILES string of the molecule is CCOC(=O)c1ccc(Nc2nc(C)nc3c2oc2ccccc23)cc1.Cl. The summed E-state index contributed by atoms with van der Waals surface area (Å²) < 4.78 is 10.9. The maximum Gasteiger partial charge on any atom is 0.338 e. The lowest BCUT2D eigenvalue weighted by Crippen LogP contribution is -2.04. The lowest BCUT2D eigenvalue weighted by molar-refractivity contribution is 0.0526. The van der Waals surface area contributed by atoms with E-state index in [0.717, 1.165) is 22.2 Å². The second-order valence-electron chi connectivity index (χ2n) is 5.82. The maximum atomic E-state index is 11.8. The molecule has 0 saturated heterocycles. The monoisotopic (exact) mass is 383 g/mol. The smallest absolute Gasteiger partial charge is 0.338 e. The Hall–Kier alpha value is -3.12. The number of ether oxygens (including phenoxy) is 1. The normalized spacial score (nSPS) is 10.6. The van der Waals surface area contributed by atoms with Crippen molar-refractivity contribution in [2.24, 2.45) is 0 Å². The van der Waals surface area contributed by atoms with E-state index in [1.807, 2.05) is 31.2 Å². The molecule has 2 aromatic heterocycles. The number of esters is 1. The van der Waals surface area contributed by atoms with Gasteiger partial charge in [-0.05, 0) is 50.2 Å². The molecular formula is C20H18ClN3O3. The molecule has 1 N–H and O–H groups in total. The third-order valence-electron chi connectivity index (χ3n) is 3.99. The number of nitrogens with zero attached hydrogens (tertiary/aromatic N) is 2. The van der Waals surface area contributed by atoms with Gasteiger partial charge < -0.3 is 14.5 Å². The Labute approximate surface area is 162 Å². The van der Waals surface area contributed by atoms with Crippen LogP contribution in [0.2, 0.25) is 0 Å². The predicted molar refractivity (Wildman–Crippen MR) is 107 cm³/mol. The van der Waals surface area contributed by atoms with Gasteiger partial charge in [-0.2, -0.15) is 0 Å². The molecule has 0 amide bonds. The number of para-hydroxylation sites is 1. The van der Waals surface area contributed by atoms with Crippen molar-refractivity contribution in [3.63, 3.8) is 0 Å². The number of hydrogen-bond acceptors (Lipinski definition) is 6. The van der Waals surface area contributed by atoms with E-state index in [1.165, 1.54) is 0 Å². The van der Waals surface area contributed by atoms with E-state index in [2.05, 4.69) is 15.3 Å². The number of fused-ring (bicyclic) bond motifs is 3. The minimum atomic E-state index is -0.336. The van der Waals surface area contributed by atoms with E-state index < -0.39 is 0 Å². The zero-order valence-electron chi connectivity index (χ0n) is 14.9. The van der Waals surface area contributed by atoms with Crippen molar-refractivity contribution in [2.75, 3.05) is 11.9 Å². The fraction of sp³-hybridized carbons (Fsp3) is 0.150. The van der Waals surface area contributed by atoms with Gasteiger partial charge in [0.1, 0.15) is 16.9 Å². The van der Waals surface area contributed by atoms with Gasteiger partial charge in [-0.3, -0.25) is 0 Å². The Morgan fingerprint density at radius 3 is 2.59 bits per heavy atom. The second kappa shape index (κ2) is 7.63. The van der Waals surface area contributed by atoms with E-state index in [-0.39, 0.29) is 18.4 Å². The number of anilines is 2. The van der Waals surface area contributed by atoms with Crippen molar-refractivity contribution in [3.8, 4) is 0 Å². The average molecular weight is 384 g/mol. The van der Waals surface area contributed by atoms with E-state index >= 15 is 0 Å². The fourth-order valence-electron chi connectivity index (χ4n) is 2.83. The highest BCUT2D eigenvalue weighted by atomic mass is 35.5. The minimum Gasteiger partial charge on any atom is -0.462 e. The number of aryl methyl sites for hydroxylation is 1. The van der Waals surface area contributed by atoms with Crippen LogP contribution in [-0.2, 0) is 4.74 Å². The zero-order chi connectivity index (χ0) is 18.1. The van der Waals surface area contributed by atoms with Crippen molar-refractivity contribution in [1.82, 2.24) is 9.97 Å². The summed E-state index contributed by atoms with van der Waals surface area (Å²) in [7, 11) is 0. The van der Waals surface area contributed by atoms with Crippen molar-refractivity contribution < 1.29 is 13.9 Å². The lowest BCUT2D eigenvalue weighted by atomic mass is 10.2. The van der Waals surface area contributed by atoms with Crippen molar-refractivity contribution >= 4 is 52.0 Å². The molecule has 0 aliphatic rings. The molecule has 0 fully saturated rings. The highest BCUT2D eigenvalue weighted by Gasteiger charge is 2.15. The molecule has 27 heavy (non-hydrogen) atoms. The number of carbonyl (C=O) groups excluding carboxylic acids is 1. The molecule has 2 aromatic carbocycles. The van der Waals surface area contributed by atoms with Crippen LogP contribution in [0.15, 0.2) is 52.9 Å². The van der Waals surface area contributed by atoms with Gasteiger partial charge in [0.25, 0.3) is 0 Å². The summed E-state index contributed by atoms with van der Waals surface area (Å²) in [6.45, 7) is 3.98. The number of carbonyl (C=O) groups is 1. The zero-order valence-corrected chi connectivity index (χ0v) is 15.7. The summed E-state index contributed by atoms with van der Waals surface area (Å²) >= 11 is 0. The molecular weight excluding hydrogens is 366 g/mol. The van der Waals surface area contributed by atoms with Crippen molar-refractivity contribution in [1.29, 1.82) is 0 Å². The van der Waals surface area contributed by atoms with Crippen molar-refractivity contribution in [2.45, 2.75) is 13.8 Å². The fourth-order valence-corrected chi connectivity index (χ4v) is 2.83. The third-order valence-corrected chi connectivity index (χ3v) is 3.99. The Kier molecular flexibility index (Phi) is 5.28. The molecule has 4 aromatic rings. The number of nitrogens with one attached hydrogen (secondary N) is 1. The predicted octanol–water partition coefficient (Wildman–Crippen LogP) is 5.03. The molecule has 0 bridgehead atoms. The van der Waals surface area contributed by atoms with Gasteiger partial charge in [0.15, 0.2) is 11.4 Å². The molecule has 0 aliphatic carbocycles. The summed E-state index contributed by atoms with van der Waals surface area (Å²) in [5.74, 6) is 0.902. The molecule has 0 radical (unpaired) electrons. The number of aromatic nitrogens is 2. The molecule has 138 valence electrons. The highest BCUT2D eigenvalue weighted by Crippen LogP contribution is 2.32. The Morgan fingerprint density at radius 1 is 1.11 bits per heavy atom. The number of rotatable bonds is 4. The van der Waals surface area contributed by atoms with Crippen LogP contribution in [0.25, 0.3) is 22.1 Å². The maximum absolute atomic E-state index is 11.8. The first kappa shape index (κ1) is 18.7. The van der Waals surface area contributed by atoms with Gasteiger partial charge in [-0.15, -0.1) is 12.4 Å². The van der Waals surface area contributed by atoms with E-state index in [0.29, 0.717) is 29.4 Å². The Balaban J connectivity index is 0.00000210. The van der Waals surface area contributed by atoms with E-state index in [9.17, 15) is 4.79 Å². The molecule has 0 unspecified atom stereocenters. The summed E-state index contributed by atoms with van der Waals surface area (Å²) in [4.78, 5) is 20.7. The summed E-state index contributed by atoms with van der Waals surface area (Å²) in [5, 5.41) is 4.20. The van der Waals surface area contributed by atoms with Gasteiger partial charge in [0, 0.05) is 11.1 Å². The van der Waals surface area contributed by atoms with Crippen LogP contribution in [0.5, 0.6) is 0 Å². The van der Waals surface area contributed by atoms with E-state index in [4.69, 9.17) is 9.15 Å². The van der Waals surface area contributed by atoms with Crippen LogP contribution in [0.1, 0.15) is 23.1 Å².